The summed E-state index contributed by atoms with van der Waals surface area (Å²) in [6.45, 7) is 0. The Kier molecular flexibility index (Phi) is 3.31. The molecule has 3 rings (SSSR count). The summed E-state index contributed by atoms with van der Waals surface area (Å²) >= 11 is 0. The third kappa shape index (κ3) is 2.58. The zero-order valence-corrected chi connectivity index (χ0v) is 11.3. The van der Waals surface area contributed by atoms with Gasteiger partial charge in [0.1, 0.15) is 0 Å². The molecule has 0 saturated carbocycles. The Morgan fingerprint density at radius 2 is 2.00 bits per heavy atom. The van der Waals surface area contributed by atoms with Crippen LogP contribution in [0.1, 0.15) is 18.0 Å². The van der Waals surface area contributed by atoms with Crippen molar-refractivity contribution in [1.29, 1.82) is 0 Å². The Morgan fingerprint density at radius 1 is 1.24 bits per heavy atom. The first-order chi connectivity index (χ1) is 10.1. The van der Waals surface area contributed by atoms with E-state index in [0.717, 1.165) is 16.6 Å². The number of rotatable bonds is 4. The van der Waals surface area contributed by atoms with Crippen LogP contribution in [0.4, 0.5) is 5.69 Å². The number of hydrogen-bond acceptors (Lipinski definition) is 3. The van der Waals surface area contributed by atoms with E-state index in [1.165, 1.54) is 0 Å². The Morgan fingerprint density at radius 3 is 2.71 bits per heavy atom. The second kappa shape index (κ2) is 5.28. The highest BCUT2D eigenvalue weighted by Gasteiger charge is 2.19. The van der Waals surface area contributed by atoms with E-state index in [-0.39, 0.29) is 12.5 Å². The molecule has 106 valence electrons. The van der Waals surface area contributed by atoms with Crippen molar-refractivity contribution in [2.75, 3.05) is 5.73 Å². The van der Waals surface area contributed by atoms with E-state index in [2.05, 4.69) is 4.98 Å². The number of carbonyl (C=O) groups is 1. The zero-order chi connectivity index (χ0) is 14.8. The van der Waals surface area contributed by atoms with Gasteiger partial charge in [-0.15, -0.1) is 0 Å². The SMILES string of the molecule is Nc1ccc2c(c1)ncn2[C@H](CC(=O)O)c1ccccc1. The Balaban J connectivity index is 2.12. The van der Waals surface area contributed by atoms with Gasteiger partial charge in [0, 0.05) is 5.69 Å². The number of nitrogens with two attached hydrogens (primary N) is 1. The highest BCUT2D eigenvalue weighted by molar-refractivity contribution is 5.79. The van der Waals surface area contributed by atoms with Crippen LogP contribution in [0.2, 0.25) is 0 Å². The summed E-state index contributed by atoms with van der Waals surface area (Å²) in [5, 5.41) is 9.21. The summed E-state index contributed by atoms with van der Waals surface area (Å²) in [4.78, 5) is 15.5. The number of aromatic nitrogens is 2. The van der Waals surface area contributed by atoms with Crippen LogP contribution in [0.25, 0.3) is 11.0 Å². The van der Waals surface area contributed by atoms with Gasteiger partial charge in [-0.3, -0.25) is 4.79 Å². The second-order valence-electron chi connectivity index (χ2n) is 4.92. The van der Waals surface area contributed by atoms with Crippen molar-refractivity contribution >= 4 is 22.7 Å². The van der Waals surface area contributed by atoms with Crippen LogP contribution in [-0.2, 0) is 4.79 Å². The van der Waals surface area contributed by atoms with E-state index in [1.807, 2.05) is 41.0 Å². The molecule has 0 bridgehead atoms. The maximum atomic E-state index is 11.2. The summed E-state index contributed by atoms with van der Waals surface area (Å²) in [5.74, 6) is -0.846. The fourth-order valence-electron chi connectivity index (χ4n) is 2.51. The molecule has 0 amide bonds. The summed E-state index contributed by atoms with van der Waals surface area (Å²) in [7, 11) is 0. The van der Waals surface area contributed by atoms with Crippen LogP contribution in [0.15, 0.2) is 54.9 Å². The molecule has 0 unspecified atom stereocenters. The highest BCUT2D eigenvalue weighted by Crippen LogP contribution is 2.27. The monoisotopic (exact) mass is 281 g/mol. The smallest absolute Gasteiger partial charge is 0.305 e. The van der Waals surface area contributed by atoms with E-state index in [0.29, 0.717) is 5.69 Å². The molecular formula is C16H15N3O2. The summed E-state index contributed by atoms with van der Waals surface area (Å²) in [5.41, 5.74) is 8.98. The van der Waals surface area contributed by atoms with Gasteiger partial charge in [0.15, 0.2) is 0 Å². The average molecular weight is 281 g/mol. The summed E-state index contributed by atoms with van der Waals surface area (Å²) in [6, 6.07) is 14.7. The van der Waals surface area contributed by atoms with E-state index in [4.69, 9.17) is 5.73 Å². The number of imidazole rings is 1. The predicted molar refractivity (Wildman–Crippen MR) is 81.0 cm³/mol. The first kappa shape index (κ1) is 13.2. The molecule has 1 heterocycles. The van der Waals surface area contributed by atoms with Crippen molar-refractivity contribution in [3.8, 4) is 0 Å². The van der Waals surface area contributed by atoms with E-state index in [9.17, 15) is 9.90 Å². The lowest BCUT2D eigenvalue weighted by Crippen LogP contribution is -2.14. The topological polar surface area (TPSA) is 81.1 Å². The van der Waals surface area contributed by atoms with Crippen molar-refractivity contribution in [3.63, 3.8) is 0 Å². The van der Waals surface area contributed by atoms with Gasteiger partial charge >= 0.3 is 5.97 Å². The first-order valence-corrected chi connectivity index (χ1v) is 6.64. The Labute approximate surface area is 121 Å². The van der Waals surface area contributed by atoms with Gasteiger partial charge in [-0.2, -0.15) is 0 Å². The molecule has 0 radical (unpaired) electrons. The van der Waals surface area contributed by atoms with Crippen LogP contribution < -0.4 is 5.73 Å². The zero-order valence-electron chi connectivity index (χ0n) is 11.3. The maximum absolute atomic E-state index is 11.2. The first-order valence-electron chi connectivity index (χ1n) is 6.64. The minimum Gasteiger partial charge on any atom is -0.481 e. The third-order valence-corrected chi connectivity index (χ3v) is 3.49. The van der Waals surface area contributed by atoms with Crippen LogP contribution in [0.5, 0.6) is 0 Å². The normalized spacial score (nSPS) is 12.4. The molecule has 0 saturated heterocycles. The van der Waals surface area contributed by atoms with Gasteiger partial charge in [-0.25, -0.2) is 4.98 Å². The maximum Gasteiger partial charge on any atom is 0.305 e. The Hall–Kier alpha value is -2.82. The fourth-order valence-corrected chi connectivity index (χ4v) is 2.51. The van der Waals surface area contributed by atoms with Gasteiger partial charge in [0.2, 0.25) is 0 Å². The fraction of sp³-hybridized carbons (Fsp3) is 0.125. The minimum absolute atomic E-state index is 0.000149. The number of fused-ring (bicyclic) bond motifs is 1. The molecule has 3 N–H and O–H groups in total. The second-order valence-corrected chi connectivity index (χ2v) is 4.92. The number of aliphatic carboxylic acids is 1. The van der Waals surface area contributed by atoms with E-state index < -0.39 is 5.97 Å². The third-order valence-electron chi connectivity index (χ3n) is 3.49. The lowest BCUT2D eigenvalue weighted by atomic mass is 10.0. The number of hydrogen-bond donors (Lipinski definition) is 2. The molecule has 21 heavy (non-hydrogen) atoms. The summed E-state index contributed by atoms with van der Waals surface area (Å²) < 4.78 is 1.89. The van der Waals surface area contributed by atoms with Gasteiger partial charge < -0.3 is 15.4 Å². The van der Waals surface area contributed by atoms with Crippen molar-refractivity contribution in [2.24, 2.45) is 0 Å². The molecule has 0 aliphatic rings. The van der Waals surface area contributed by atoms with Crippen LogP contribution in [0.3, 0.4) is 0 Å². The number of benzene rings is 2. The van der Waals surface area contributed by atoms with Gasteiger partial charge in [-0.05, 0) is 23.8 Å². The molecule has 0 aliphatic carbocycles. The standard InChI is InChI=1S/C16H15N3O2/c17-12-6-7-14-13(8-12)18-10-19(14)15(9-16(20)21)11-4-2-1-3-5-11/h1-8,10,15H,9,17H2,(H,20,21)/t15-/m1/s1. The number of carboxylic acids is 1. The minimum atomic E-state index is -0.846. The largest absolute Gasteiger partial charge is 0.481 e. The van der Waals surface area contributed by atoms with Gasteiger partial charge in [-0.1, -0.05) is 30.3 Å². The molecule has 0 aliphatic heterocycles. The van der Waals surface area contributed by atoms with Crippen molar-refractivity contribution < 1.29 is 9.90 Å². The Bertz CT molecular complexity index is 781. The quantitative estimate of drug-likeness (QED) is 0.720. The van der Waals surface area contributed by atoms with Gasteiger partial charge in [0.25, 0.3) is 0 Å². The number of anilines is 1. The van der Waals surface area contributed by atoms with Crippen LogP contribution in [0, 0.1) is 0 Å². The summed E-state index contributed by atoms with van der Waals surface area (Å²) in [6.07, 6.45) is 1.67. The van der Waals surface area contributed by atoms with Crippen molar-refractivity contribution in [1.82, 2.24) is 9.55 Å². The molecule has 2 aromatic carbocycles. The van der Waals surface area contributed by atoms with E-state index >= 15 is 0 Å². The van der Waals surface area contributed by atoms with E-state index in [1.54, 1.807) is 18.5 Å². The van der Waals surface area contributed by atoms with Crippen LogP contribution >= 0.6 is 0 Å². The molecule has 3 aromatic rings. The molecule has 0 spiro atoms. The lowest BCUT2D eigenvalue weighted by Gasteiger charge is -2.18. The molecule has 0 fully saturated rings. The number of nitrogen functional groups attached to an aromatic ring is 1. The molecule has 1 atom stereocenters. The lowest BCUT2D eigenvalue weighted by molar-refractivity contribution is -0.137. The predicted octanol–water partition coefficient (Wildman–Crippen LogP) is 2.68. The molecule has 5 nitrogen and oxygen atoms in total. The molecular weight excluding hydrogens is 266 g/mol. The van der Waals surface area contributed by atoms with Crippen molar-refractivity contribution in [3.05, 3.63) is 60.4 Å². The average Bonchev–Trinajstić information content (AvgIpc) is 2.88. The van der Waals surface area contributed by atoms with Gasteiger partial charge in [0.05, 0.1) is 29.8 Å². The van der Waals surface area contributed by atoms with Crippen molar-refractivity contribution in [2.45, 2.75) is 12.5 Å². The molecule has 5 heteroatoms. The number of carboxylic acid groups (broad SMARTS) is 1. The molecule has 1 aromatic heterocycles. The van der Waals surface area contributed by atoms with Crippen LogP contribution in [-0.4, -0.2) is 20.6 Å². The highest BCUT2D eigenvalue weighted by atomic mass is 16.4. The number of nitrogens with zero attached hydrogens (tertiary/aromatic N) is 2.